The molecule has 0 aromatic heterocycles. The monoisotopic (exact) mass is 308 g/mol. The fourth-order valence-corrected chi connectivity index (χ4v) is 4.05. The molecule has 22 heavy (non-hydrogen) atoms. The van der Waals surface area contributed by atoms with Gasteiger partial charge in [0.2, 0.25) is 0 Å². The third kappa shape index (κ3) is 3.09. The Morgan fingerprint density at radius 2 is 2.05 bits per heavy atom. The largest absolute Gasteiger partial charge is 0.478 e. The van der Waals surface area contributed by atoms with Crippen LogP contribution in [0.1, 0.15) is 39.5 Å². The molecule has 0 spiro atoms. The number of hydrogen-bond donors (Lipinski definition) is 2. The Balaban J connectivity index is 2.29. The van der Waals surface area contributed by atoms with Crippen molar-refractivity contribution in [3.05, 3.63) is 24.3 Å². The summed E-state index contributed by atoms with van der Waals surface area (Å²) in [5, 5.41) is 19.9. The molecule has 122 valence electrons. The smallest absolute Gasteiger partial charge is 0.331 e. The van der Waals surface area contributed by atoms with Crippen LogP contribution < -0.4 is 0 Å². The second kappa shape index (κ2) is 5.88. The molecule has 5 heteroatoms. The van der Waals surface area contributed by atoms with Crippen LogP contribution in [0, 0.1) is 17.8 Å². The Bertz CT molecular complexity index is 519. The molecule has 0 aromatic rings. The number of carboxylic acid groups (broad SMARTS) is 1. The highest BCUT2D eigenvalue weighted by Crippen LogP contribution is 2.52. The number of rotatable bonds is 3. The van der Waals surface area contributed by atoms with E-state index >= 15 is 0 Å². The van der Waals surface area contributed by atoms with Gasteiger partial charge in [-0.1, -0.05) is 18.7 Å². The molecule has 5 nitrogen and oxygen atoms in total. The Kier molecular flexibility index (Phi) is 4.47. The normalized spacial score (nSPS) is 38.0. The van der Waals surface area contributed by atoms with E-state index in [1.165, 1.54) is 6.92 Å². The Labute approximate surface area is 130 Å². The molecule has 2 saturated carbocycles. The average molecular weight is 308 g/mol. The summed E-state index contributed by atoms with van der Waals surface area (Å²) in [5.74, 6) is -1.85. The summed E-state index contributed by atoms with van der Waals surface area (Å²) < 4.78 is 5.39. The van der Waals surface area contributed by atoms with Gasteiger partial charge in [-0.05, 0) is 38.0 Å². The first-order chi connectivity index (χ1) is 10.1. The summed E-state index contributed by atoms with van der Waals surface area (Å²) in [6, 6.07) is 0. The zero-order chi connectivity index (χ0) is 16.7. The first-order valence-electron chi connectivity index (χ1n) is 7.63. The van der Waals surface area contributed by atoms with Crippen LogP contribution in [0.4, 0.5) is 0 Å². The minimum atomic E-state index is -1.00. The third-order valence-electron chi connectivity index (χ3n) is 5.16. The molecule has 2 N–H and O–H groups in total. The van der Waals surface area contributed by atoms with Crippen molar-refractivity contribution < 1.29 is 24.5 Å². The number of fused-ring (bicyclic) bond motifs is 1. The lowest BCUT2D eigenvalue weighted by Crippen LogP contribution is -2.33. The van der Waals surface area contributed by atoms with E-state index in [1.54, 1.807) is 6.92 Å². The van der Waals surface area contributed by atoms with Crippen molar-refractivity contribution in [2.75, 3.05) is 0 Å². The van der Waals surface area contributed by atoms with Gasteiger partial charge in [0.15, 0.2) is 0 Å². The van der Waals surface area contributed by atoms with E-state index in [0.717, 1.165) is 5.57 Å². The predicted molar refractivity (Wildman–Crippen MR) is 81.0 cm³/mol. The van der Waals surface area contributed by atoms with E-state index in [9.17, 15) is 19.8 Å². The molecule has 0 heterocycles. The van der Waals surface area contributed by atoms with Gasteiger partial charge in [-0.2, -0.15) is 0 Å². The van der Waals surface area contributed by atoms with Crippen LogP contribution in [-0.2, 0) is 14.3 Å². The van der Waals surface area contributed by atoms with Crippen molar-refractivity contribution in [1.29, 1.82) is 0 Å². The lowest BCUT2D eigenvalue weighted by Gasteiger charge is -2.30. The van der Waals surface area contributed by atoms with Crippen LogP contribution in [0.5, 0.6) is 0 Å². The summed E-state index contributed by atoms with van der Waals surface area (Å²) in [4.78, 5) is 22.5. The van der Waals surface area contributed by atoms with Gasteiger partial charge in [0.1, 0.15) is 6.10 Å². The maximum Gasteiger partial charge on any atom is 0.331 e. The number of carbonyl (C=O) groups is 2. The second-order valence-electron chi connectivity index (χ2n) is 6.80. The summed E-state index contributed by atoms with van der Waals surface area (Å²) in [6.45, 7) is 10.9. The van der Waals surface area contributed by atoms with E-state index in [4.69, 9.17) is 4.74 Å². The summed E-state index contributed by atoms with van der Waals surface area (Å²) in [7, 11) is 0. The minimum Gasteiger partial charge on any atom is -0.478 e. The molecule has 0 amide bonds. The van der Waals surface area contributed by atoms with Crippen molar-refractivity contribution in [1.82, 2.24) is 0 Å². The fourth-order valence-electron chi connectivity index (χ4n) is 4.05. The van der Waals surface area contributed by atoms with Crippen molar-refractivity contribution in [3.8, 4) is 0 Å². The SMILES string of the molecule is C=C(C(=O)O)C1CCC(=C)C2C(OC(C)=O)CC(C)(O)C2C1. The minimum absolute atomic E-state index is 0.120. The van der Waals surface area contributed by atoms with Gasteiger partial charge in [0.25, 0.3) is 0 Å². The van der Waals surface area contributed by atoms with Gasteiger partial charge >= 0.3 is 11.9 Å². The number of carboxylic acids is 1. The van der Waals surface area contributed by atoms with Crippen LogP contribution in [0.25, 0.3) is 0 Å². The topological polar surface area (TPSA) is 83.8 Å². The van der Waals surface area contributed by atoms with Crippen molar-refractivity contribution in [3.63, 3.8) is 0 Å². The Morgan fingerprint density at radius 1 is 1.41 bits per heavy atom. The van der Waals surface area contributed by atoms with Crippen LogP contribution in [0.3, 0.4) is 0 Å². The summed E-state index contributed by atoms with van der Waals surface area (Å²) >= 11 is 0. The molecule has 5 atom stereocenters. The van der Waals surface area contributed by atoms with Crippen LogP contribution in [0.2, 0.25) is 0 Å². The molecule has 2 aliphatic rings. The molecule has 2 aliphatic carbocycles. The molecule has 0 aliphatic heterocycles. The number of carbonyl (C=O) groups excluding carboxylic acids is 1. The highest BCUT2D eigenvalue weighted by Gasteiger charge is 2.53. The molecule has 2 fully saturated rings. The maximum absolute atomic E-state index is 11.3. The zero-order valence-electron chi connectivity index (χ0n) is 13.2. The van der Waals surface area contributed by atoms with Crippen LogP contribution >= 0.6 is 0 Å². The predicted octanol–water partition coefficient (Wildman–Crippen LogP) is 2.30. The second-order valence-corrected chi connectivity index (χ2v) is 6.80. The van der Waals surface area contributed by atoms with E-state index in [0.29, 0.717) is 25.7 Å². The zero-order valence-corrected chi connectivity index (χ0v) is 13.2. The summed E-state index contributed by atoms with van der Waals surface area (Å²) in [5.41, 5.74) is 0.102. The van der Waals surface area contributed by atoms with E-state index in [-0.39, 0.29) is 35.4 Å². The third-order valence-corrected chi connectivity index (χ3v) is 5.16. The van der Waals surface area contributed by atoms with Gasteiger partial charge in [0.05, 0.1) is 5.60 Å². The highest BCUT2D eigenvalue weighted by molar-refractivity contribution is 5.86. The van der Waals surface area contributed by atoms with Gasteiger partial charge in [-0.25, -0.2) is 4.79 Å². The quantitative estimate of drug-likeness (QED) is 0.475. The fraction of sp³-hybridized carbons (Fsp3) is 0.647. The van der Waals surface area contributed by atoms with E-state index in [1.807, 2.05) is 0 Å². The number of esters is 1. The molecule has 0 aromatic carbocycles. The highest BCUT2D eigenvalue weighted by atomic mass is 16.5. The molecular weight excluding hydrogens is 284 g/mol. The Hall–Kier alpha value is -1.62. The summed E-state index contributed by atoms with van der Waals surface area (Å²) in [6.07, 6.45) is 1.81. The molecule has 0 radical (unpaired) electrons. The lowest BCUT2D eigenvalue weighted by atomic mass is 9.78. The number of aliphatic carboxylic acids is 1. The lowest BCUT2D eigenvalue weighted by molar-refractivity contribution is -0.148. The number of hydrogen-bond acceptors (Lipinski definition) is 4. The number of aliphatic hydroxyl groups is 1. The number of ether oxygens (including phenoxy) is 1. The maximum atomic E-state index is 11.3. The van der Waals surface area contributed by atoms with Crippen molar-refractivity contribution >= 4 is 11.9 Å². The van der Waals surface area contributed by atoms with Gasteiger partial charge < -0.3 is 14.9 Å². The van der Waals surface area contributed by atoms with Crippen LogP contribution in [-0.4, -0.2) is 33.9 Å². The van der Waals surface area contributed by atoms with Crippen molar-refractivity contribution in [2.24, 2.45) is 17.8 Å². The first-order valence-corrected chi connectivity index (χ1v) is 7.63. The molecular formula is C17H24O5. The molecule has 2 rings (SSSR count). The standard InChI is InChI=1S/C17H24O5/c1-9-5-6-12(10(2)16(19)20)7-13-15(9)14(22-11(3)18)8-17(13,4)21/h12-15,21H,1-2,5-8H2,3-4H3,(H,19,20). The Morgan fingerprint density at radius 3 is 2.59 bits per heavy atom. The van der Waals surface area contributed by atoms with Crippen LogP contribution in [0.15, 0.2) is 24.3 Å². The van der Waals surface area contributed by atoms with Crippen molar-refractivity contribution in [2.45, 2.75) is 51.2 Å². The van der Waals surface area contributed by atoms with Gasteiger partial charge in [-0.3, -0.25) is 4.79 Å². The van der Waals surface area contributed by atoms with Gasteiger partial charge in [0, 0.05) is 24.8 Å². The van der Waals surface area contributed by atoms with E-state index < -0.39 is 11.6 Å². The van der Waals surface area contributed by atoms with Gasteiger partial charge in [-0.15, -0.1) is 0 Å². The average Bonchev–Trinajstić information content (AvgIpc) is 2.54. The molecule has 5 unspecified atom stereocenters. The first kappa shape index (κ1) is 16.7. The van der Waals surface area contributed by atoms with E-state index in [2.05, 4.69) is 13.2 Å². The molecule has 0 bridgehead atoms. The molecule has 0 saturated heterocycles.